The van der Waals surface area contributed by atoms with Gasteiger partial charge in [-0.1, -0.05) is 296 Å². The molecule has 0 aromatic rings. The molecule has 19 heteroatoms. The number of carbonyl (C=O) groups is 4. The molecule has 0 aliphatic heterocycles. The first-order chi connectivity index (χ1) is 43.7. The molecule has 5 atom stereocenters. The van der Waals surface area contributed by atoms with Crippen LogP contribution in [-0.4, -0.2) is 96.7 Å². The van der Waals surface area contributed by atoms with E-state index in [1.807, 2.05) is 0 Å². The molecule has 90 heavy (non-hydrogen) atoms. The number of hydrogen-bond donors (Lipinski definition) is 3. The number of esters is 4. The minimum absolute atomic E-state index is 0.0858. The van der Waals surface area contributed by atoms with Gasteiger partial charge in [0, 0.05) is 25.7 Å². The fraction of sp³-hybridized carbons (Fsp3) is 0.887. The Morgan fingerprint density at radius 3 is 0.811 bits per heavy atom. The normalized spacial score (nSPS) is 14.2. The van der Waals surface area contributed by atoms with E-state index in [1.54, 1.807) is 0 Å². The number of phosphoric acid groups is 2. The van der Waals surface area contributed by atoms with E-state index in [2.05, 4.69) is 52.0 Å². The van der Waals surface area contributed by atoms with Crippen molar-refractivity contribution in [3.8, 4) is 0 Å². The molecule has 0 spiro atoms. The van der Waals surface area contributed by atoms with Crippen LogP contribution in [0.25, 0.3) is 0 Å². The van der Waals surface area contributed by atoms with Gasteiger partial charge in [-0.05, 0) is 51.4 Å². The largest absolute Gasteiger partial charge is 0.472 e. The number of ether oxygens (including phenoxy) is 4. The summed E-state index contributed by atoms with van der Waals surface area (Å²) in [4.78, 5) is 72.4. The van der Waals surface area contributed by atoms with Crippen LogP contribution < -0.4 is 0 Å². The van der Waals surface area contributed by atoms with E-state index in [4.69, 9.17) is 37.0 Å². The zero-order valence-corrected chi connectivity index (χ0v) is 59.4. The highest BCUT2D eigenvalue weighted by molar-refractivity contribution is 7.47. The molecule has 2 unspecified atom stereocenters. The van der Waals surface area contributed by atoms with E-state index in [9.17, 15) is 43.2 Å². The average Bonchev–Trinajstić information content (AvgIpc) is 3.08. The van der Waals surface area contributed by atoms with Crippen LogP contribution in [0.2, 0.25) is 0 Å². The second-order valence-electron chi connectivity index (χ2n) is 24.9. The summed E-state index contributed by atoms with van der Waals surface area (Å²) in [7, 11) is -9.91. The van der Waals surface area contributed by atoms with Crippen LogP contribution in [0.5, 0.6) is 0 Å². The molecule has 0 amide bonds. The second kappa shape index (κ2) is 65.2. The van der Waals surface area contributed by atoms with Gasteiger partial charge in [0.25, 0.3) is 0 Å². The number of allylic oxidation sites excluding steroid dienone is 4. The molecular formula is C71H134O17P2. The Labute approximate surface area is 548 Å². The third kappa shape index (κ3) is 64.3. The first kappa shape index (κ1) is 87.5. The number of carbonyl (C=O) groups excluding carboxylic acids is 4. The summed E-state index contributed by atoms with van der Waals surface area (Å²) in [5.74, 6) is -2.15. The maximum atomic E-state index is 13.0. The first-order valence-electron chi connectivity index (χ1n) is 36.6. The van der Waals surface area contributed by atoms with E-state index in [1.165, 1.54) is 154 Å². The van der Waals surface area contributed by atoms with E-state index in [-0.39, 0.29) is 25.7 Å². The molecule has 0 aromatic carbocycles. The molecule has 0 saturated heterocycles. The van der Waals surface area contributed by atoms with Gasteiger partial charge >= 0.3 is 39.5 Å². The summed E-state index contributed by atoms with van der Waals surface area (Å²) >= 11 is 0. The SMILES string of the molecule is CCCCCC/C=C\C=C/CCCCCCCC(=O)O[C@H](COC(=O)CCCCCCCCCCCCCCCC)COP(=O)(O)OC[C@@H](O)COP(=O)(O)OC[C@@H](COC(=O)CCCCCCCCC)OC(=O)CCCCCCCCCCCCCCCC. The molecule has 0 radical (unpaired) electrons. The van der Waals surface area contributed by atoms with Gasteiger partial charge in [0.1, 0.15) is 19.3 Å². The number of aliphatic hydroxyl groups is 1. The fourth-order valence-corrected chi connectivity index (χ4v) is 11.9. The quantitative estimate of drug-likeness (QED) is 0.0169. The number of phosphoric ester groups is 2. The van der Waals surface area contributed by atoms with E-state index >= 15 is 0 Å². The third-order valence-corrected chi connectivity index (χ3v) is 17.9. The van der Waals surface area contributed by atoms with Crippen molar-refractivity contribution >= 4 is 39.5 Å². The molecule has 0 bridgehead atoms. The highest BCUT2D eigenvalue weighted by Crippen LogP contribution is 2.45. The summed E-state index contributed by atoms with van der Waals surface area (Å²) in [6.45, 7) is 4.85. The Balaban J connectivity index is 5.24. The van der Waals surface area contributed by atoms with Gasteiger partial charge in [0.15, 0.2) is 12.2 Å². The Hall–Kier alpha value is -2.46. The molecule has 530 valence electrons. The van der Waals surface area contributed by atoms with Gasteiger partial charge in [-0.25, -0.2) is 9.13 Å². The summed E-state index contributed by atoms with van der Waals surface area (Å²) in [6.07, 6.45) is 56.3. The Morgan fingerprint density at radius 1 is 0.311 bits per heavy atom. The van der Waals surface area contributed by atoms with Crippen molar-refractivity contribution in [1.82, 2.24) is 0 Å². The lowest BCUT2D eigenvalue weighted by molar-refractivity contribution is -0.161. The molecule has 0 heterocycles. The minimum Gasteiger partial charge on any atom is -0.462 e. The first-order valence-corrected chi connectivity index (χ1v) is 39.6. The van der Waals surface area contributed by atoms with Crippen molar-refractivity contribution in [2.24, 2.45) is 0 Å². The summed E-state index contributed by atoms with van der Waals surface area (Å²) in [5, 5.41) is 10.6. The number of unbranched alkanes of at least 4 members (excludes halogenated alkanes) is 41. The Kier molecular flexibility index (Phi) is 63.4. The maximum Gasteiger partial charge on any atom is 0.472 e. The van der Waals surface area contributed by atoms with Crippen molar-refractivity contribution in [2.75, 3.05) is 39.6 Å². The van der Waals surface area contributed by atoms with E-state index in [0.717, 1.165) is 116 Å². The molecule has 0 aliphatic carbocycles. The van der Waals surface area contributed by atoms with Crippen LogP contribution in [0, 0.1) is 0 Å². The minimum atomic E-state index is -4.96. The Morgan fingerprint density at radius 2 is 0.533 bits per heavy atom. The molecule has 0 aromatic heterocycles. The van der Waals surface area contributed by atoms with Gasteiger partial charge in [-0.2, -0.15) is 0 Å². The van der Waals surface area contributed by atoms with Crippen LogP contribution >= 0.6 is 15.6 Å². The van der Waals surface area contributed by atoms with E-state index < -0.39 is 97.5 Å². The highest BCUT2D eigenvalue weighted by atomic mass is 31.2. The molecule has 17 nitrogen and oxygen atoms in total. The van der Waals surface area contributed by atoms with Crippen molar-refractivity contribution in [2.45, 2.75) is 367 Å². The second-order valence-corrected chi connectivity index (χ2v) is 27.8. The molecule has 3 N–H and O–H groups in total. The zero-order valence-electron chi connectivity index (χ0n) is 57.6. The average molecular weight is 1320 g/mol. The summed E-state index contributed by atoms with van der Waals surface area (Å²) in [5.41, 5.74) is 0. The number of rotatable bonds is 70. The van der Waals surface area contributed by atoms with Crippen molar-refractivity contribution in [3.05, 3.63) is 24.3 Å². The third-order valence-electron chi connectivity index (χ3n) is 16.0. The number of hydrogen-bond acceptors (Lipinski definition) is 15. The molecule has 0 aliphatic rings. The standard InChI is InChI=1S/C71H134O17P2/c1-5-9-13-17-21-24-27-30-33-36-39-42-46-50-54-58-71(76)88-67(62-82-69(74)56-52-48-44-40-37-34-31-28-25-22-18-14-10-6-2)64-86-90(79,80)84-60-65(72)59-83-89(77,78)85-63-66(61-81-68(73)55-51-47-43-20-16-12-8-4)87-70(75)57-53-49-45-41-38-35-32-29-26-23-19-15-11-7-3/h24,27,30,33,65-67,72H,5-23,25-26,28-29,31-32,34-64H2,1-4H3,(H,77,78)(H,79,80)/b27-24-,33-30-/t65-,66+,67+/m0/s1. The lowest BCUT2D eigenvalue weighted by Gasteiger charge is -2.21. The monoisotopic (exact) mass is 1320 g/mol. The molecule has 0 saturated carbocycles. The molecule has 0 fully saturated rings. The van der Waals surface area contributed by atoms with Gasteiger partial charge < -0.3 is 33.8 Å². The molecule has 0 rings (SSSR count). The maximum absolute atomic E-state index is 13.0. The van der Waals surface area contributed by atoms with Gasteiger partial charge in [-0.3, -0.25) is 37.3 Å². The summed E-state index contributed by atoms with van der Waals surface area (Å²) in [6, 6.07) is 0. The van der Waals surface area contributed by atoms with Crippen molar-refractivity contribution < 1.29 is 80.2 Å². The van der Waals surface area contributed by atoms with Crippen molar-refractivity contribution in [3.63, 3.8) is 0 Å². The van der Waals surface area contributed by atoms with Gasteiger partial charge in [0.05, 0.1) is 26.4 Å². The van der Waals surface area contributed by atoms with Crippen LogP contribution in [0.4, 0.5) is 0 Å². The van der Waals surface area contributed by atoms with Gasteiger partial charge in [-0.15, -0.1) is 0 Å². The van der Waals surface area contributed by atoms with Crippen molar-refractivity contribution in [1.29, 1.82) is 0 Å². The summed E-state index contributed by atoms with van der Waals surface area (Å²) < 4.78 is 68.2. The van der Waals surface area contributed by atoms with Gasteiger partial charge in [0.2, 0.25) is 0 Å². The topological polar surface area (TPSA) is 237 Å². The Bertz CT molecular complexity index is 1820. The smallest absolute Gasteiger partial charge is 0.462 e. The van der Waals surface area contributed by atoms with Crippen LogP contribution in [0.1, 0.15) is 349 Å². The predicted octanol–water partition coefficient (Wildman–Crippen LogP) is 20.2. The zero-order chi connectivity index (χ0) is 66.1. The van der Waals surface area contributed by atoms with Crippen LogP contribution in [0.15, 0.2) is 24.3 Å². The lowest BCUT2D eigenvalue weighted by Crippen LogP contribution is -2.30. The fourth-order valence-electron chi connectivity index (χ4n) is 10.3. The predicted molar refractivity (Wildman–Crippen MR) is 363 cm³/mol. The highest BCUT2D eigenvalue weighted by Gasteiger charge is 2.30. The van der Waals surface area contributed by atoms with Crippen LogP contribution in [0.3, 0.4) is 0 Å². The lowest BCUT2D eigenvalue weighted by atomic mass is 10.0. The van der Waals surface area contributed by atoms with Crippen LogP contribution in [-0.2, 0) is 65.4 Å². The molecular weight excluding hydrogens is 1190 g/mol. The van der Waals surface area contributed by atoms with E-state index in [0.29, 0.717) is 25.7 Å². The number of aliphatic hydroxyl groups excluding tert-OH is 1.